The van der Waals surface area contributed by atoms with Crippen LogP contribution >= 0.6 is 0 Å². The van der Waals surface area contributed by atoms with Gasteiger partial charge in [0.05, 0.1) is 22.9 Å². The molecule has 13 nitrogen and oxygen atoms in total. The normalized spacial score (nSPS) is 14.9. The molecule has 7 rings (SSSR count). The number of aromatic amines is 1. The van der Waals surface area contributed by atoms with Gasteiger partial charge in [0, 0.05) is 37.4 Å². The van der Waals surface area contributed by atoms with Crippen LogP contribution in [0.25, 0.3) is 33.4 Å². The van der Waals surface area contributed by atoms with Crippen LogP contribution in [-0.4, -0.2) is 61.5 Å². The zero-order valence-electron chi connectivity index (χ0n) is 25.3. The Balaban J connectivity index is 1.23. The van der Waals surface area contributed by atoms with Crippen molar-refractivity contribution in [1.82, 2.24) is 34.1 Å². The first-order valence-electron chi connectivity index (χ1n) is 15.1. The minimum absolute atomic E-state index is 0.0195. The Bertz CT molecular complexity index is 2200. The Morgan fingerprint density at radius 2 is 1.89 bits per heavy atom. The summed E-state index contributed by atoms with van der Waals surface area (Å²) in [5, 5.41) is 9.01. The maximum absolute atomic E-state index is 13.8. The summed E-state index contributed by atoms with van der Waals surface area (Å²) in [6, 6.07) is 14.3. The molecule has 14 heteroatoms. The number of aryl methyl sites for hydroxylation is 1. The molecular formula is C32H33N9O4S. The number of ether oxygens (including phenoxy) is 1. The third kappa shape index (κ3) is 5.72. The van der Waals surface area contributed by atoms with Crippen LogP contribution in [0.4, 0.5) is 11.6 Å². The van der Waals surface area contributed by atoms with Gasteiger partial charge in [0.15, 0.2) is 5.82 Å². The van der Waals surface area contributed by atoms with Gasteiger partial charge in [-0.25, -0.2) is 27.9 Å². The average Bonchev–Trinajstić information content (AvgIpc) is 3.66. The highest BCUT2D eigenvalue weighted by Crippen LogP contribution is 2.34. The van der Waals surface area contributed by atoms with E-state index in [4.69, 9.17) is 9.84 Å². The minimum Gasteiger partial charge on any atom is -0.381 e. The molecule has 1 aliphatic rings. The Labute approximate surface area is 264 Å². The summed E-state index contributed by atoms with van der Waals surface area (Å²) in [5.41, 5.74) is 3.93. The number of nitrogens with zero attached hydrogens (tertiary/aromatic N) is 6. The zero-order valence-corrected chi connectivity index (χ0v) is 26.2. The number of para-hydroxylation sites is 1. The molecule has 1 saturated heterocycles. The highest BCUT2D eigenvalue weighted by atomic mass is 32.2. The van der Waals surface area contributed by atoms with Crippen LogP contribution in [0.1, 0.15) is 37.2 Å². The van der Waals surface area contributed by atoms with Crippen LogP contribution in [0.2, 0.25) is 0 Å². The van der Waals surface area contributed by atoms with Crippen LogP contribution in [0.5, 0.6) is 0 Å². The first-order valence-corrected chi connectivity index (χ1v) is 16.7. The molecular weight excluding hydrogens is 606 g/mol. The van der Waals surface area contributed by atoms with Crippen molar-refractivity contribution < 1.29 is 13.2 Å². The number of hydrogen-bond acceptors (Lipinski definition) is 9. The van der Waals surface area contributed by atoms with Gasteiger partial charge in [-0.2, -0.15) is 5.10 Å². The third-order valence-corrected chi connectivity index (χ3v) is 9.70. The number of hydrogen-bond donors (Lipinski definition) is 3. The number of nitrogens with one attached hydrogen (secondary N) is 3. The molecule has 0 unspecified atom stereocenters. The van der Waals surface area contributed by atoms with E-state index in [0.717, 1.165) is 16.7 Å². The van der Waals surface area contributed by atoms with E-state index in [1.165, 1.54) is 6.33 Å². The first-order chi connectivity index (χ1) is 22.3. The van der Waals surface area contributed by atoms with Gasteiger partial charge >= 0.3 is 0 Å². The predicted molar refractivity (Wildman–Crippen MR) is 176 cm³/mol. The summed E-state index contributed by atoms with van der Waals surface area (Å²) in [6.07, 6.45) is 8.04. The van der Waals surface area contributed by atoms with Gasteiger partial charge in [-0.1, -0.05) is 18.2 Å². The molecule has 236 valence electrons. The van der Waals surface area contributed by atoms with Crippen molar-refractivity contribution >= 4 is 38.2 Å². The number of pyridine rings is 1. The lowest BCUT2D eigenvalue weighted by atomic mass is 10.0. The van der Waals surface area contributed by atoms with Crippen molar-refractivity contribution in [3.8, 4) is 16.8 Å². The molecule has 5 aromatic heterocycles. The van der Waals surface area contributed by atoms with Crippen molar-refractivity contribution in [1.29, 1.82) is 0 Å². The molecule has 1 aliphatic heterocycles. The van der Waals surface area contributed by atoms with Crippen molar-refractivity contribution in [3.63, 3.8) is 0 Å². The molecule has 6 aromatic rings. The number of sulfonamides is 1. The summed E-state index contributed by atoms with van der Waals surface area (Å²) in [7, 11) is -3.61. The molecule has 1 atom stereocenters. The maximum Gasteiger partial charge on any atom is 0.282 e. The monoisotopic (exact) mass is 639 g/mol. The third-order valence-electron chi connectivity index (χ3n) is 8.27. The SMILES string of the molecule is Cc1ccn2nc([C@H](C)Nc3ncnc4[nH]cc(-c5ccnc(NS(=O)(=O)CC6CCOCC6)c5)c34)n(-c3ccccc3)c(=O)c12. The van der Waals surface area contributed by atoms with Crippen molar-refractivity contribution in [2.45, 2.75) is 32.7 Å². The van der Waals surface area contributed by atoms with Gasteiger partial charge in [0.1, 0.15) is 29.1 Å². The largest absolute Gasteiger partial charge is 0.381 e. The second kappa shape index (κ2) is 12.0. The summed E-state index contributed by atoms with van der Waals surface area (Å²) in [5.74, 6) is 1.31. The fraction of sp³-hybridized carbons (Fsp3) is 0.281. The molecule has 1 fully saturated rings. The topological polar surface area (TPSA) is 161 Å². The quantitative estimate of drug-likeness (QED) is 0.207. The Morgan fingerprint density at radius 3 is 2.70 bits per heavy atom. The first kappa shape index (κ1) is 29.6. The van der Waals surface area contributed by atoms with Gasteiger partial charge in [-0.05, 0) is 74.1 Å². The van der Waals surface area contributed by atoms with Crippen LogP contribution in [-0.2, 0) is 14.8 Å². The number of aromatic nitrogens is 7. The molecule has 0 spiro atoms. The minimum atomic E-state index is -3.61. The van der Waals surface area contributed by atoms with Crippen LogP contribution < -0.4 is 15.6 Å². The second-order valence-corrected chi connectivity index (χ2v) is 13.3. The second-order valence-electron chi connectivity index (χ2n) is 11.5. The molecule has 3 N–H and O–H groups in total. The smallest absolute Gasteiger partial charge is 0.282 e. The van der Waals surface area contributed by atoms with E-state index in [-0.39, 0.29) is 23.0 Å². The fourth-order valence-corrected chi connectivity index (χ4v) is 7.45. The van der Waals surface area contributed by atoms with Crippen molar-refractivity contribution in [2.75, 3.05) is 29.0 Å². The van der Waals surface area contributed by atoms with Gasteiger partial charge < -0.3 is 15.0 Å². The number of H-pyrrole nitrogens is 1. The van der Waals surface area contributed by atoms with E-state index in [2.05, 4.69) is 30.0 Å². The Morgan fingerprint density at radius 1 is 1.09 bits per heavy atom. The standard InChI is InChI=1S/C32H33N9O4S/c1-20-9-13-40-28(20)32(42)41(24-6-4-3-5-7-24)31(38-40)21(2)37-30-27-25(17-34-29(27)35-19-36-30)23-8-12-33-26(16-23)39-46(43,44)18-22-10-14-45-15-11-22/h3-9,12-13,16-17,19,21-22H,10-11,14-15,18H2,1-2H3,(H,33,39)(H2,34,35,36,37)/t21-/m0/s1. The predicted octanol–water partition coefficient (Wildman–Crippen LogP) is 4.47. The number of benzene rings is 1. The van der Waals surface area contributed by atoms with Gasteiger partial charge in [0.25, 0.3) is 5.56 Å². The lowest BCUT2D eigenvalue weighted by Crippen LogP contribution is -2.29. The number of anilines is 2. The molecule has 46 heavy (non-hydrogen) atoms. The van der Waals surface area contributed by atoms with Crippen LogP contribution in [0.3, 0.4) is 0 Å². The lowest BCUT2D eigenvalue weighted by molar-refractivity contribution is 0.0724. The molecule has 0 aliphatic carbocycles. The lowest BCUT2D eigenvalue weighted by Gasteiger charge is -2.21. The van der Waals surface area contributed by atoms with E-state index < -0.39 is 16.1 Å². The Kier molecular flexibility index (Phi) is 7.74. The van der Waals surface area contributed by atoms with E-state index >= 15 is 0 Å². The highest BCUT2D eigenvalue weighted by Gasteiger charge is 2.24. The van der Waals surface area contributed by atoms with E-state index in [1.807, 2.05) is 50.2 Å². The average molecular weight is 640 g/mol. The van der Waals surface area contributed by atoms with Crippen molar-refractivity contribution in [2.24, 2.45) is 5.92 Å². The molecule has 0 radical (unpaired) electrons. The van der Waals surface area contributed by atoms with Gasteiger partial charge in [0.2, 0.25) is 10.0 Å². The maximum atomic E-state index is 13.8. The number of fused-ring (bicyclic) bond motifs is 2. The van der Waals surface area contributed by atoms with E-state index in [0.29, 0.717) is 59.9 Å². The molecule has 0 saturated carbocycles. The van der Waals surface area contributed by atoms with Crippen LogP contribution in [0, 0.1) is 12.8 Å². The van der Waals surface area contributed by atoms with Crippen molar-refractivity contribution in [3.05, 3.63) is 95.2 Å². The van der Waals surface area contributed by atoms with Gasteiger partial charge in [-0.3, -0.25) is 14.1 Å². The summed E-state index contributed by atoms with van der Waals surface area (Å²) < 4.78 is 37.2. The molecule has 1 aromatic carbocycles. The molecule has 0 amide bonds. The fourth-order valence-electron chi connectivity index (χ4n) is 5.99. The van der Waals surface area contributed by atoms with E-state index in [9.17, 15) is 13.2 Å². The van der Waals surface area contributed by atoms with Gasteiger partial charge in [-0.15, -0.1) is 0 Å². The highest BCUT2D eigenvalue weighted by molar-refractivity contribution is 7.92. The molecule has 0 bridgehead atoms. The summed E-state index contributed by atoms with van der Waals surface area (Å²) >= 11 is 0. The van der Waals surface area contributed by atoms with Crippen LogP contribution in [0.15, 0.2) is 78.2 Å². The molecule has 6 heterocycles. The summed E-state index contributed by atoms with van der Waals surface area (Å²) in [6.45, 7) is 4.96. The zero-order chi connectivity index (χ0) is 31.8. The summed E-state index contributed by atoms with van der Waals surface area (Å²) in [4.78, 5) is 30.3. The Hall–Kier alpha value is -5.08. The number of rotatable bonds is 9. The van der Waals surface area contributed by atoms with E-state index in [1.54, 1.807) is 39.8 Å².